The first kappa shape index (κ1) is 25.4. The van der Waals surface area contributed by atoms with Crippen molar-refractivity contribution in [1.29, 1.82) is 0 Å². The first-order valence-electron chi connectivity index (χ1n) is 10.6. The Bertz CT molecular complexity index is 1230. The highest BCUT2D eigenvalue weighted by Gasteiger charge is 2.27. The Morgan fingerprint density at radius 2 is 1.68 bits per heavy atom. The van der Waals surface area contributed by atoms with E-state index in [9.17, 15) is 13.2 Å². The van der Waals surface area contributed by atoms with Crippen LogP contribution >= 0.6 is 11.6 Å². The van der Waals surface area contributed by atoms with Crippen LogP contribution in [0.5, 0.6) is 5.75 Å². The maximum Gasteiger partial charge on any atom is 0.255 e. The van der Waals surface area contributed by atoms with Gasteiger partial charge in [-0.3, -0.25) is 4.79 Å². The summed E-state index contributed by atoms with van der Waals surface area (Å²) < 4.78 is 33.1. The van der Waals surface area contributed by atoms with E-state index in [0.717, 1.165) is 26.7 Å². The minimum atomic E-state index is -3.96. The Morgan fingerprint density at radius 3 is 2.29 bits per heavy atom. The molecule has 9 heteroatoms. The van der Waals surface area contributed by atoms with E-state index in [0.29, 0.717) is 11.6 Å². The zero-order valence-corrected chi connectivity index (χ0v) is 20.5. The maximum atomic E-state index is 13.3. The normalized spacial score (nSPS) is 11.6. The van der Waals surface area contributed by atoms with Crippen LogP contribution in [0.25, 0.3) is 0 Å². The molecule has 3 rings (SSSR count). The van der Waals surface area contributed by atoms with Crippen LogP contribution in [-0.4, -0.2) is 38.0 Å². The van der Waals surface area contributed by atoms with Gasteiger partial charge < -0.3 is 4.74 Å². The molecule has 1 amide bonds. The molecule has 0 radical (unpaired) electrons. The molecule has 1 N–H and O–H groups in total. The number of amides is 1. The molecule has 0 fully saturated rings. The summed E-state index contributed by atoms with van der Waals surface area (Å²) in [5.74, 6) is 0.176. The number of rotatable bonds is 10. The van der Waals surface area contributed by atoms with Crippen LogP contribution in [0.2, 0.25) is 5.02 Å². The average Bonchev–Trinajstić information content (AvgIpc) is 2.81. The monoisotopic (exact) mass is 499 g/mol. The molecule has 0 heterocycles. The van der Waals surface area contributed by atoms with Crippen molar-refractivity contribution in [3.05, 3.63) is 94.5 Å². The highest BCUT2D eigenvalue weighted by molar-refractivity contribution is 7.89. The van der Waals surface area contributed by atoms with Gasteiger partial charge in [-0.05, 0) is 73.5 Å². The van der Waals surface area contributed by atoms with Crippen LogP contribution in [0.4, 0.5) is 0 Å². The van der Waals surface area contributed by atoms with E-state index in [1.165, 1.54) is 30.5 Å². The van der Waals surface area contributed by atoms with Crippen molar-refractivity contribution in [2.24, 2.45) is 5.10 Å². The summed E-state index contributed by atoms with van der Waals surface area (Å²) in [6.45, 7) is 4.05. The minimum Gasteiger partial charge on any atom is -0.494 e. The van der Waals surface area contributed by atoms with Crippen LogP contribution in [0.1, 0.15) is 23.6 Å². The molecule has 0 spiro atoms. The molecule has 0 unspecified atom stereocenters. The maximum absolute atomic E-state index is 13.3. The molecule has 178 valence electrons. The number of hydrogen-bond acceptors (Lipinski definition) is 5. The zero-order chi connectivity index (χ0) is 24.6. The Hall–Kier alpha value is -3.20. The van der Waals surface area contributed by atoms with E-state index >= 15 is 0 Å². The summed E-state index contributed by atoms with van der Waals surface area (Å²) in [5, 5.41) is 4.37. The highest BCUT2D eigenvalue weighted by Crippen LogP contribution is 2.20. The number of nitrogens with zero attached hydrogens (tertiary/aromatic N) is 2. The second-order valence-corrected chi connectivity index (χ2v) is 9.88. The number of halogens is 1. The van der Waals surface area contributed by atoms with E-state index in [-0.39, 0.29) is 11.4 Å². The smallest absolute Gasteiger partial charge is 0.255 e. The molecular formula is C25H26ClN3O4S. The van der Waals surface area contributed by atoms with Crippen molar-refractivity contribution in [3.63, 3.8) is 0 Å². The largest absolute Gasteiger partial charge is 0.494 e. The fourth-order valence-electron chi connectivity index (χ4n) is 3.07. The van der Waals surface area contributed by atoms with Gasteiger partial charge in [0.1, 0.15) is 5.75 Å². The van der Waals surface area contributed by atoms with Gasteiger partial charge in [0, 0.05) is 11.6 Å². The molecule has 3 aromatic carbocycles. The number of hydrogen-bond donors (Lipinski definition) is 1. The molecule has 0 atom stereocenters. The zero-order valence-electron chi connectivity index (χ0n) is 18.9. The lowest BCUT2D eigenvalue weighted by molar-refractivity contribution is -0.121. The molecule has 0 saturated heterocycles. The number of ether oxygens (including phenoxy) is 1. The van der Waals surface area contributed by atoms with Gasteiger partial charge >= 0.3 is 0 Å². The van der Waals surface area contributed by atoms with Gasteiger partial charge in [0.05, 0.1) is 24.3 Å². The lowest BCUT2D eigenvalue weighted by Gasteiger charge is -2.21. The van der Waals surface area contributed by atoms with Gasteiger partial charge in [0.15, 0.2) is 0 Å². The number of aryl methyl sites for hydroxylation is 1. The summed E-state index contributed by atoms with van der Waals surface area (Å²) in [5.41, 5.74) is 4.97. The number of carbonyl (C=O) groups is 1. The Kier molecular flexibility index (Phi) is 8.81. The number of carbonyl (C=O) groups excluding carboxylic acids is 1. The van der Waals surface area contributed by atoms with Crippen molar-refractivity contribution in [2.75, 3.05) is 13.2 Å². The Morgan fingerprint density at radius 1 is 1.03 bits per heavy atom. The quantitative estimate of drug-likeness (QED) is 0.331. The van der Waals surface area contributed by atoms with Crippen LogP contribution in [0, 0.1) is 6.92 Å². The third-order valence-electron chi connectivity index (χ3n) is 4.84. The molecule has 34 heavy (non-hydrogen) atoms. The predicted molar refractivity (Wildman–Crippen MR) is 134 cm³/mol. The second-order valence-electron chi connectivity index (χ2n) is 7.51. The third-order valence-corrected chi connectivity index (χ3v) is 6.90. The SMILES string of the molecule is CCOc1ccc(/C=N\NC(=O)CN(Cc2ccc(C)cc2)S(=O)(=O)c2ccc(Cl)cc2)cc1. The Balaban J connectivity index is 1.74. The molecule has 0 aliphatic heterocycles. The van der Waals surface area contributed by atoms with Gasteiger partial charge in [-0.1, -0.05) is 41.4 Å². The van der Waals surface area contributed by atoms with Gasteiger partial charge in [0.25, 0.3) is 5.91 Å². The highest BCUT2D eigenvalue weighted by atomic mass is 35.5. The molecular weight excluding hydrogens is 474 g/mol. The number of sulfonamides is 1. The van der Waals surface area contributed by atoms with Gasteiger partial charge in [-0.2, -0.15) is 9.41 Å². The third kappa shape index (κ3) is 7.15. The average molecular weight is 500 g/mol. The number of benzene rings is 3. The number of nitrogens with one attached hydrogen (secondary N) is 1. The van der Waals surface area contributed by atoms with Crippen LogP contribution < -0.4 is 10.2 Å². The van der Waals surface area contributed by atoms with Gasteiger partial charge in [-0.25, -0.2) is 13.8 Å². The fraction of sp³-hybridized carbons (Fsp3) is 0.200. The summed E-state index contributed by atoms with van der Waals surface area (Å²) in [6.07, 6.45) is 1.48. The van der Waals surface area contributed by atoms with E-state index in [1.54, 1.807) is 24.3 Å². The number of hydrazone groups is 1. The predicted octanol–water partition coefficient (Wildman–Crippen LogP) is 4.39. The van der Waals surface area contributed by atoms with Crippen molar-refractivity contribution >= 4 is 33.7 Å². The molecule has 0 saturated carbocycles. The molecule has 0 aliphatic carbocycles. The standard InChI is InChI=1S/C25H26ClN3O4S/c1-3-33-23-12-8-20(9-13-23)16-27-28-25(30)18-29(17-21-6-4-19(2)5-7-21)34(31,32)24-14-10-22(26)11-15-24/h4-16H,3,17-18H2,1-2H3,(H,28,30)/b27-16-. The van der Waals surface area contributed by atoms with Crippen molar-refractivity contribution in [3.8, 4) is 5.75 Å². The molecule has 3 aromatic rings. The molecule has 0 bridgehead atoms. The van der Waals surface area contributed by atoms with Crippen LogP contribution in [-0.2, 0) is 21.4 Å². The summed E-state index contributed by atoms with van der Waals surface area (Å²) in [7, 11) is -3.96. The first-order valence-corrected chi connectivity index (χ1v) is 12.5. The van der Waals surface area contributed by atoms with E-state index < -0.39 is 22.5 Å². The van der Waals surface area contributed by atoms with Crippen LogP contribution in [0.3, 0.4) is 0 Å². The summed E-state index contributed by atoms with van der Waals surface area (Å²) >= 11 is 5.91. The van der Waals surface area contributed by atoms with E-state index in [1.807, 2.05) is 38.1 Å². The molecule has 0 aliphatic rings. The lowest BCUT2D eigenvalue weighted by atomic mass is 10.1. The van der Waals surface area contributed by atoms with E-state index in [4.69, 9.17) is 16.3 Å². The second kappa shape index (κ2) is 11.8. The van der Waals surface area contributed by atoms with Gasteiger partial charge in [-0.15, -0.1) is 0 Å². The van der Waals surface area contributed by atoms with E-state index in [2.05, 4.69) is 10.5 Å². The van der Waals surface area contributed by atoms with Crippen LogP contribution in [0.15, 0.2) is 82.8 Å². The van der Waals surface area contributed by atoms with Crippen molar-refractivity contribution in [2.45, 2.75) is 25.3 Å². The van der Waals surface area contributed by atoms with Crippen molar-refractivity contribution in [1.82, 2.24) is 9.73 Å². The molecule has 7 nitrogen and oxygen atoms in total. The fourth-order valence-corrected chi connectivity index (χ4v) is 4.58. The van der Waals surface area contributed by atoms with Crippen molar-refractivity contribution < 1.29 is 17.9 Å². The summed E-state index contributed by atoms with van der Waals surface area (Å²) in [4.78, 5) is 12.6. The molecule has 0 aromatic heterocycles. The van der Waals surface area contributed by atoms with Gasteiger partial charge in [0.2, 0.25) is 10.0 Å². The summed E-state index contributed by atoms with van der Waals surface area (Å²) in [6, 6.07) is 20.5. The topological polar surface area (TPSA) is 88.1 Å². The minimum absolute atomic E-state index is 0.0290. The lowest BCUT2D eigenvalue weighted by Crippen LogP contribution is -2.39. The Labute approximate surface area is 205 Å². The first-order chi connectivity index (χ1) is 16.3.